The molecular weight excluding hydrogens is 322 g/mol. The minimum atomic E-state index is -0.764. The molecule has 0 aromatic heterocycles. The molecule has 1 fully saturated rings. The zero-order valence-corrected chi connectivity index (χ0v) is 13.8. The predicted molar refractivity (Wildman–Crippen MR) is 91.4 cm³/mol. The zero-order valence-electron chi connectivity index (χ0n) is 13.8. The number of nitrogens with one attached hydrogen (secondary N) is 1. The van der Waals surface area contributed by atoms with Gasteiger partial charge in [-0.05, 0) is 17.7 Å². The Balaban J connectivity index is 2.11. The van der Waals surface area contributed by atoms with Crippen molar-refractivity contribution in [3.05, 3.63) is 65.2 Å². The molecule has 1 aliphatic rings. The molecule has 6 heteroatoms. The monoisotopic (exact) mass is 339 g/mol. The molecule has 3 rings (SSSR count). The van der Waals surface area contributed by atoms with Crippen LogP contribution in [0.2, 0.25) is 0 Å². The third kappa shape index (κ3) is 2.94. The van der Waals surface area contributed by atoms with Crippen molar-refractivity contribution in [1.82, 2.24) is 5.32 Å². The van der Waals surface area contributed by atoms with E-state index in [1.54, 1.807) is 48.5 Å². The van der Waals surface area contributed by atoms with Gasteiger partial charge in [-0.1, -0.05) is 36.4 Å². The third-order valence-corrected chi connectivity index (χ3v) is 4.06. The van der Waals surface area contributed by atoms with Crippen LogP contribution in [0.15, 0.2) is 54.1 Å². The van der Waals surface area contributed by atoms with Gasteiger partial charge in [0.05, 0.1) is 25.8 Å². The summed E-state index contributed by atoms with van der Waals surface area (Å²) in [5.41, 5.74) is 1.09. The molecule has 2 aromatic rings. The van der Waals surface area contributed by atoms with Crippen molar-refractivity contribution in [1.29, 1.82) is 0 Å². The van der Waals surface area contributed by atoms with Gasteiger partial charge in [0, 0.05) is 5.56 Å². The van der Waals surface area contributed by atoms with Crippen molar-refractivity contribution in [2.45, 2.75) is 6.04 Å². The molecule has 2 aromatic carbocycles. The van der Waals surface area contributed by atoms with Crippen molar-refractivity contribution < 1.29 is 24.2 Å². The van der Waals surface area contributed by atoms with Gasteiger partial charge in [0.25, 0.3) is 11.7 Å². The quantitative estimate of drug-likeness (QED) is 0.508. The highest BCUT2D eigenvalue weighted by atomic mass is 16.5. The summed E-state index contributed by atoms with van der Waals surface area (Å²) < 4.78 is 10.5. The highest BCUT2D eigenvalue weighted by Crippen LogP contribution is 2.36. The number of hydrogen-bond donors (Lipinski definition) is 2. The molecule has 1 heterocycles. The lowest BCUT2D eigenvalue weighted by Gasteiger charge is -2.16. The third-order valence-electron chi connectivity index (χ3n) is 4.06. The average molecular weight is 339 g/mol. The van der Waals surface area contributed by atoms with Crippen LogP contribution in [0.1, 0.15) is 17.2 Å². The van der Waals surface area contributed by atoms with Crippen LogP contribution in [0.5, 0.6) is 11.5 Å². The normalized spacial score (nSPS) is 18.7. The number of carbonyl (C=O) groups excluding carboxylic acids is 2. The second-order valence-corrected chi connectivity index (χ2v) is 5.48. The molecule has 2 N–H and O–H groups in total. The second kappa shape index (κ2) is 6.68. The first kappa shape index (κ1) is 16.6. The maximum atomic E-state index is 12.3. The summed E-state index contributed by atoms with van der Waals surface area (Å²) in [5, 5.41) is 13.2. The number of benzene rings is 2. The molecule has 0 spiro atoms. The van der Waals surface area contributed by atoms with Gasteiger partial charge in [-0.2, -0.15) is 0 Å². The molecular formula is C19H17NO5. The van der Waals surface area contributed by atoms with E-state index in [4.69, 9.17) is 9.47 Å². The molecule has 0 saturated carbocycles. The number of amides is 1. The molecule has 1 amide bonds. The Morgan fingerprint density at radius 3 is 2.32 bits per heavy atom. The van der Waals surface area contributed by atoms with Crippen LogP contribution in [0, 0.1) is 0 Å². The standard InChI is InChI=1S/C19H17NO5/c1-24-13-9-8-12(10-14(13)25-2)16-15(18(22)19(23)20-16)17(21)11-6-4-3-5-7-11/h3-10,16,21H,1-2H3,(H,20,23)/b17-15+/t16-/m0/s1. The molecule has 6 nitrogen and oxygen atoms in total. The van der Waals surface area contributed by atoms with E-state index >= 15 is 0 Å². The fourth-order valence-electron chi connectivity index (χ4n) is 2.80. The van der Waals surface area contributed by atoms with Gasteiger partial charge in [-0.25, -0.2) is 0 Å². The lowest BCUT2D eigenvalue weighted by molar-refractivity contribution is -0.133. The van der Waals surface area contributed by atoms with Gasteiger partial charge in [-0.15, -0.1) is 0 Å². The van der Waals surface area contributed by atoms with Crippen LogP contribution >= 0.6 is 0 Å². The van der Waals surface area contributed by atoms with Crippen LogP contribution in [0.3, 0.4) is 0 Å². The van der Waals surface area contributed by atoms with Crippen molar-refractivity contribution in [3.8, 4) is 11.5 Å². The molecule has 1 aliphatic heterocycles. The summed E-state index contributed by atoms with van der Waals surface area (Å²) in [7, 11) is 3.02. The van der Waals surface area contributed by atoms with Gasteiger partial charge >= 0.3 is 0 Å². The largest absolute Gasteiger partial charge is 0.507 e. The van der Waals surface area contributed by atoms with Crippen LogP contribution in [0.4, 0.5) is 0 Å². The number of Topliss-reactive ketones (excluding diaryl/α,β-unsaturated/α-hetero) is 1. The number of aliphatic hydroxyl groups excluding tert-OH is 1. The Kier molecular flexibility index (Phi) is 4.43. The minimum absolute atomic E-state index is 0.0171. The van der Waals surface area contributed by atoms with E-state index in [-0.39, 0.29) is 11.3 Å². The van der Waals surface area contributed by atoms with Gasteiger partial charge < -0.3 is 19.9 Å². The number of ether oxygens (including phenoxy) is 2. The van der Waals surface area contributed by atoms with Crippen molar-refractivity contribution in [3.63, 3.8) is 0 Å². The molecule has 128 valence electrons. The Hall–Kier alpha value is -3.28. The highest BCUT2D eigenvalue weighted by molar-refractivity contribution is 6.46. The Labute approximate surface area is 144 Å². The maximum Gasteiger partial charge on any atom is 0.293 e. The number of hydrogen-bond acceptors (Lipinski definition) is 5. The number of rotatable bonds is 4. The zero-order chi connectivity index (χ0) is 18.0. The van der Waals surface area contributed by atoms with E-state index in [2.05, 4.69) is 5.32 Å². The fourth-order valence-corrected chi connectivity index (χ4v) is 2.80. The highest BCUT2D eigenvalue weighted by Gasteiger charge is 2.39. The molecule has 0 aliphatic carbocycles. The molecule has 1 saturated heterocycles. The average Bonchev–Trinajstić information content (AvgIpc) is 2.96. The summed E-state index contributed by atoms with van der Waals surface area (Å²) >= 11 is 0. The van der Waals surface area contributed by atoms with Gasteiger partial charge in [0.1, 0.15) is 5.76 Å². The summed E-state index contributed by atoms with van der Waals surface area (Å²) in [6.45, 7) is 0. The van der Waals surface area contributed by atoms with Crippen molar-refractivity contribution >= 4 is 17.4 Å². The van der Waals surface area contributed by atoms with E-state index in [0.717, 1.165) is 0 Å². The van der Waals surface area contributed by atoms with E-state index in [1.807, 2.05) is 0 Å². The summed E-state index contributed by atoms with van der Waals surface area (Å²) in [4.78, 5) is 24.2. The summed E-state index contributed by atoms with van der Waals surface area (Å²) in [6.07, 6.45) is 0. The fraction of sp³-hybridized carbons (Fsp3) is 0.158. The first-order valence-corrected chi connectivity index (χ1v) is 7.62. The number of methoxy groups -OCH3 is 2. The second-order valence-electron chi connectivity index (χ2n) is 5.48. The number of ketones is 1. The molecule has 0 radical (unpaired) electrons. The predicted octanol–water partition coefficient (Wildman–Crippen LogP) is 2.41. The minimum Gasteiger partial charge on any atom is -0.507 e. The Morgan fingerprint density at radius 2 is 1.68 bits per heavy atom. The first-order chi connectivity index (χ1) is 12.1. The van der Waals surface area contributed by atoms with E-state index < -0.39 is 17.7 Å². The molecule has 0 bridgehead atoms. The van der Waals surface area contributed by atoms with Crippen molar-refractivity contribution in [2.75, 3.05) is 14.2 Å². The van der Waals surface area contributed by atoms with E-state index in [1.165, 1.54) is 14.2 Å². The molecule has 25 heavy (non-hydrogen) atoms. The molecule has 1 atom stereocenters. The lowest BCUT2D eigenvalue weighted by Crippen LogP contribution is -2.21. The van der Waals surface area contributed by atoms with Crippen LogP contribution in [-0.2, 0) is 9.59 Å². The number of carbonyl (C=O) groups is 2. The Morgan fingerprint density at radius 1 is 1.00 bits per heavy atom. The summed E-state index contributed by atoms with van der Waals surface area (Å²) in [5.74, 6) is -0.728. The lowest BCUT2D eigenvalue weighted by atomic mass is 9.95. The molecule has 0 unspecified atom stereocenters. The number of aliphatic hydroxyl groups is 1. The van der Waals surface area contributed by atoms with Gasteiger partial charge in [-0.3, -0.25) is 9.59 Å². The van der Waals surface area contributed by atoms with Crippen molar-refractivity contribution in [2.24, 2.45) is 0 Å². The van der Waals surface area contributed by atoms with Crippen LogP contribution in [0.25, 0.3) is 5.76 Å². The first-order valence-electron chi connectivity index (χ1n) is 7.62. The Bertz CT molecular complexity index is 857. The van der Waals surface area contributed by atoms with Gasteiger partial charge in [0.2, 0.25) is 0 Å². The van der Waals surface area contributed by atoms with Crippen LogP contribution < -0.4 is 14.8 Å². The summed E-state index contributed by atoms with van der Waals surface area (Å²) in [6, 6.07) is 12.9. The van der Waals surface area contributed by atoms with Gasteiger partial charge in [0.15, 0.2) is 11.5 Å². The van der Waals surface area contributed by atoms with E-state index in [0.29, 0.717) is 22.6 Å². The maximum absolute atomic E-state index is 12.3. The smallest absolute Gasteiger partial charge is 0.293 e. The SMILES string of the molecule is COc1ccc([C@@H]2NC(=O)C(=O)/C2=C(/O)c2ccccc2)cc1OC. The van der Waals surface area contributed by atoms with Crippen LogP contribution in [-0.4, -0.2) is 31.0 Å². The topological polar surface area (TPSA) is 84.9 Å². The van der Waals surface area contributed by atoms with E-state index in [9.17, 15) is 14.7 Å².